The number of sulfonamides is 1. The molecule has 166 valence electrons. The molecule has 2 amide bonds. The van der Waals surface area contributed by atoms with Crippen LogP contribution in [0.1, 0.15) is 31.2 Å². The number of rotatable bonds is 5. The monoisotopic (exact) mass is 463 g/mol. The van der Waals surface area contributed by atoms with Gasteiger partial charge in [-0.05, 0) is 44.7 Å². The minimum absolute atomic E-state index is 0.117. The van der Waals surface area contributed by atoms with Crippen LogP contribution in [0, 0.1) is 12.8 Å². The summed E-state index contributed by atoms with van der Waals surface area (Å²) in [5.74, 6) is -0.492. The van der Waals surface area contributed by atoms with E-state index in [1.807, 2.05) is 6.92 Å². The first kappa shape index (κ1) is 21.8. The summed E-state index contributed by atoms with van der Waals surface area (Å²) in [4.78, 5) is 27.5. The van der Waals surface area contributed by atoms with Gasteiger partial charge in [-0.2, -0.15) is 4.31 Å². The van der Waals surface area contributed by atoms with E-state index in [2.05, 4.69) is 15.5 Å². The highest BCUT2D eigenvalue weighted by atomic mass is 32.2. The van der Waals surface area contributed by atoms with Crippen LogP contribution in [0.5, 0.6) is 0 Å². The lowest BCUT2D eigenvalue weighted by molar-refractivity contribution is -0.137. The fourth-order valence-electron chi connectivity index (χ4n) is 4.13. The molecular weight excluding hydrogens is 438 g/mol. The molecule has 0 bridgehead atoms. The topological polar surface area (TPSA) is 113 Å². The molecule has 2 saturated heterocycles. The molecule has 0 aliphatic carbocycles. The van der Waals surface area contributed by atoms with E-state index in [-0.39, 0.29) is 22.6 Å². The largest absolute Gasteiger partial charge is 0.341 e. The summed E-state index contributed by atoms with van der Waals surface area (Å²) in [5, 5.41) is 10.7. The second kappa shape index (κ2) is 9.01. The van der Waals surface area contributed by atoms with Gasteiger partial charge < -0.3 is 10.2 Å². The number of aromatic nitrogens is 2. The Kier molecular flexibility index (Phi) is 6.35. The molecule has 0 radical (unpaired) electrons. The number of aryl methyl sites for hydroxylation is 1. The smallest absolute Gasteiger partial charge is 0.243 e. The van der Waals surface area contributed by atoms with E-state index in [0.717, 1.165) is 5.56 Å². The number of piperidine rings is 1. The van der Waals surface area contributed by atoms with Gasteiger partial charge in [0.05, 0.1) is 4.90 Å². The molecule has 3 heterocycles. The number of anilines is 1. The molecule has 2 fully saturated rings. The molecule has 2 aromatic rings. The minimum atomic E-state index is -3.73. The van der Waals surface area contributed by atoms with E-state index < -0.39 is 16.1 Å². The van der Waals surface area contributed by atoms with Crippen LogP contribution in [0.25, 0.3) is 0 Å². The number of carbonyl (C=O) groups excluding carboxylic acids is 2. The molecule has 1 aromatic heterocycles. The third-order valence-corrected chi connectivity index (χ3v) is 8.41. The third-order valence-electron chi connectivity index (χ3n) is 5.88. The number of hydrogen-bond donors (Lipinski definition) is 1. The van der Waals surface area contributed by atoms with E-state index in [1.54, 1.807) is 34.7 Å². The standard InChI is InChI=1S/C20H25N5O4S2/c1-14-4-6-16(7-5-14)31(28,29)25-10-2-3-17(25)19(27)24-11-8-15(9-12-24)18(26)22-20-23-21-13-30-20/h4-7,13,15,17H,2-3,8-12H2,1H3,(H,22,23,26)/t17-/m0/s1. The van der Waals surface area contributed by atoms with E-state index in [4.69, 9.17) is 0 Å². The Bertz CT molecular complexity index is 1030. The Labute approximate surface area is 185 Å². The Morgan fingerprint density at radius 2 is 1.81 bits per heavy atom. The molecule has 2 aliphatic heterocycles. The fraction of sp³-hybridized carbons (Fsp3) is 0.500. The Hall–Kier alpha value is -2.37. The van der Waals surface area contributed by atoms with Gasteiger partial charge in [0.1, 0.15) is 11.6 Å². The van der Waals surface area contributed by atoms with Gasteiger partial charge in [0.2, 0.25) is 27.0 Å². The molecule has 1 N–H and O–H groups in total. The molecule has 2 aliphatic rings. The van der Waals surface area contributed by atoms with Crippen LogP contribution in [-0.2, 0) is 19.6 Å². The average molecular weight is 464 g/mol. The second-order valence-electron chi connectivity index (χ2n) is 7.92. The summed E-state index contributed by atoms with van der Waals surface area (Å²) in [6.07, 6.45) is 2.24. The van der Waals surface area contributed by atoms with Crippen molar-refractivity contribution in [3.8, 4) is 0 Å². The molecule has 4 rings (SSSR count). The Balaban J connectivity index is 1.39. The van der Waals surface area contributed by atoms with Crippen molar-refractivity contribution in [1.82, 2.24) is 19.4 Å². The number of likely N-dealkylation sites (tertiary alicyclic amines) is 1. The highest BCUT2D eigenvalue weighted by Gasteiger charge is 2.42. The molecule has 1 atom stereocenters. The Morgan fingerprint density at radius 1 is 1.10 bits per heavy atom. The summed E-state index contributed by atoms with van der Waals surface area (Å²) >= 11 is 1.26. The van der Waals surface area contributed by atoms with Crippen LogP contribution in [-0.4, -0.2) is 65.3 Å². The highest BCUT2D eigenvalue weighted by Crippen LogP contribution is 2.29. The van der Waals surface area contributed by atoms with Crippen molar-refractivity contribution in [2.45, 2.75) is 43.5 Å². The zero-order valence-corrected chi connectivity index (χ0v) is 18.9. The molecule has 31 heavy (non-hydrogen) atoms. The molecular formula is C20H25N5O4S2. The first-order valence-corrected chi connectivity index (χ1v) is 12.6. The van der Waals surface area contributed by atoms with Gasteiger partial charge in [-0.15, -0.1) is 10.2 Å². The third kappa shape index (κ3) is 4.63. The van der Waals surface area contributed by atoms with Crippen molar-refractivity contribution in [2.75, 3.05) is 25.0 Å². The van der Waals surface area contributed by atoms with Crippen molar-refractivity contribution in [3.05, 3.63) is 35.3 Å². The van der Waals surface area contributed by atoms with Crippen molar-refractivity contribution in [3.63, 3.8) is 0 Å². The van der Waals surface area contributed by atoms with E-state index in [1.165, 1.54) is 15.6 Å². The van der Waals surface area contributed by atoms with E-state index in [9.17, 15) is 18.0 Å². The van der Waals surface area contributed by atoms with E-state index in [0.29, 0.717) is 50.4 Å². The highest BCUT2D eigenvalue weighted by molar-refractivity contribution is 7.89. The normalized spacial score (nSPS) is 20.7. The lowest BCUT2D eigenvalue weighted by atomic mass is 9.95. The summed E-state index contributed by atoms with van der Waals surface area (Å²) in [6.45, 7) is 3.10. The minimum Gasteiger partial charge on any atom is -0.341 e. The molecule has 11 heteroatoms. The van der Waals surface area contributed by atoms with Crippen LogP contribution >= 0.6 is 11.3 Å². The summed E-state index contributed by atoms with van der Waals surface area (Å²) in [7, 11) is -3.73. The van der Waals surface area contributed by atoms with Gasteiger partial charge in [-0.1, -0.05) is 29.0 Å². The molecule has 1 aromatic carbocycles. The second-order valence-corrected chi connectivity index (χ2v) is 10.6. The van der Waals surface area contributed by atoms with Crippen molar-refractivity contribution in [2.24, 2.45) is 5.92 Å². The van der Waals surface area contributed by atoms with Crippen LogP contribution in [0.3, 0.4) is 0 Å². The van der Waals surface area contributed by atoms with Crippen LogP contribution in [0.4, 0.5) is 5.13 Å². The summed E-state index contributed by atoms with van der Waals surface area (Å²) in [5.41, 5.74) is 2.53. The molecule has 9 nitrogen and oxygen atoms in total. The Morgan fingerprint density at radius 3 is 2.45 bits per heavy atom. The predicted molar refractivity (Wildman–Crippen MR) is 116 cm³/mol. The number of amides is 2. The fourth-order valence-corrected chi connectivity index (χ4v) is 6.23. The first-order chi connectivity index (χ1) is 14.9. The zero-order chi connectivity index (χ0) is 22.0. The SMILES string of the molecule is Cc1ccc(S(=O)(=O)N2CCC[C@H]2C(=O)N2CCC(C(=O)Nc3nncs3)CC2)cc1. The van der Waals surface area contributed by atoms with Crippen LogP contribution in [0.15, 0.2) is 34.7 Å². The van der Waals surface area contributed by atoms with E-state index >= 15 is 0 Å². The van der Waals surface area contributed by atoms with Gasteiger partial charge in [0.15, 0.2) is 0 Å². The van der Waals surface area contributed by atoms with Crippen molar-refractivity contribution in [1.29, 1.82) is 0 Å². The summed E-state index contributed by atoms with van der Waals surface area (Å²) < 4.78 is 27.6. The molecule has 0 saturated carbocycles. The van der Waals surface area contributed by atoms with Gasteiger partial charge in [-0.25, -0.2) is 8.42 Å². The van der Waals surface area contributed by atoms with Gasteiger partial charge in [0, 0.05) is 25.6 Å². The van der Waals surface area contributed by atoms with Crippen LogP contribution in [0.2, 0.25) is 0 Å². The average Bonchev–Trinajstić information content (AvgIpc) is 3.46. The first-order valence-electron chi connectivity index (χ1n) is 10.3. The van der Waals surface area contributed by atoms with Crippen molar-refractivity contribution < 1.29 is 18.0 Å². The van der Waals surface area contributed by atoms with Gasteiger partial charge >= 0.3 is 0 Å². The zero-order valence-electron chi connectivity index (χ0n) is 17.2. The van der Waals surface area contributed by atoms with Gasteiger partial charge in [0.25, 0.3) is 0 Å². The molecule has 0 spiro atoms. The maximum atomic E-state index is 13.2. The lowest BCUT2D eigenvalue weighted by Gasteiger charge is -2.34. The van der Waals surface area contributed by atoms with Crippen LogP contribution < -0.4 is 5.32 Å². The van der Waals surface area contributed by atoms with Gasteiger partial charge in [-0.3, -0.25) is 9.59 Å². The number of nitrogens with one attached hydrogen (secondary N) is 1. The number of carbonyl (C=O) groups is 2. The number of nitrogens with zero attached hydrogens (tertiary/aromatic N) is 4. The lowest BCUT2D eigenvalue weighted by Crippen LogP contribution is -2.50. The number of hydrogen-bond acceptors (Lipinski definition) is 7. The maximum Gasteiger partial charge on any atom is 0.243 e. The maximum absolute atomic E-state index is 13.2. The number of benzene rings is 1. The summed E-state index contributed by atoms with van der Waals surface area (Å²) in [6, 6.07) is 6.02. The van der Waals surface area contributed by atoms with Crippen molar-refractivity contribution >= 4 is 38.3 Å². The quantitative estimate of drug-likeness (QED) is 0.724. The molecule has 0 unspecified atom stereocenters. The predicted octanol–water partition coefficient (Wildman–Crippen LogP) is 1.88.